The highest BCUT2D eigenvalue weighted by molar-refractivity contribution is 7.98. The van der Waals surface area contributed by atoms with E-state index in [1.165, 1.54) is 11.8 Å². The molecule has 1 heterocycles. The first-order valence-corrected chi connectivity index (χ1v) is 5.66. The van der Waals surface area contributed by atoms with E-state index in [9.17, 15) is 0 Å². The van der Waals surface area contributed by atoms with Gasteiger partial charge in [0, 0.05) is 11.8 Å². The molecule has 0 saturated heterocycles. The summed E-state index contributed by atoms with van der Waals surface area (Å²) in [6.45, 7) is 2.51. The van der Waals surface area contributed by atoms with Crippen LogP contribution in [0.4, 0.5) is 0 Å². The number of nitrogens with zero attached hydrogens (tertiary/aromatic N) is 2. The van der Waals surface area contributed by atoms with Crippen molar-refractivity contribution in [1.29, 1.82) is 0 Å². The highest BCUT2D eigenvalue weighted by atomic mass is 35.5. The van der Waals surface area contributed by atoms with Crippen LogP contribution in [0.3, 0.4) is 0 Å². The molecular formula is C8H11ClN2OS. The van der Waals surface area contributed by atoms with E-state index < -0.39 is 0 Å². The second kappa shape index (κ2) is 5.29. The van der Waals surface area contributed by atoms with Gasteiger partial charge in [-0.2, -0.15) is 4.98 Å². The average molecular weight is 219 g/mol. The molecule has 0 aliphatic heterocycles. The highest BCUT2D eigenvalue weighted by Crippen LogP contribution is 2.19. The van der Waals surface area contributed by atoms with Gasteiger partial charge < -0.3 is 4.74 Å². The second-order valence-electron chi connectivity index (χ2n) is 2.25. The Labute approximate surface area is 86.9 Å². The summed E-state index contributed by atoms with van der Waals surface area (Å²) in [5, 5.41) is 0.706. The molecule has 72 valence electrons. The van der Waals surface area contributed by atoms with E-state index in [0.29, 0.717) is 23.5 Å². The van der Waals surface area contributed by atoms with Crippen molar-refractivity contribution < 1.29 is 4.74 Å². The Hall–Kier alpha value is -0.480. The number of hydrogen-bond donors (Lipinski definition) is 0. The maximum atomic E-state index is 5.70. The van der Waals surface area contributed by atoms with Gasteiger partial charge in [-0.05, 0) is 13.2 Å². The number of aromatic nitrogens is 2. The molecule has 0 aliphatic rings. The van der Waals surface area contributed by atoms with E-state index in [1.807, 2.05) is 13.2 Å². The molecule has 0 aromatic carbocycles. The van der Waals surface area contributed by atoms with Crippen LogP contribution in [0, 0.1) is 0 Å². The number of rotatable bonds is 4. The van der Waals surface area contributed by atoms with Crippen LogP contribution in [0.5, 0.6) is 5.88 Å². The first-order valence-electron chi connectivity index (χ1n) is 3.90. The van der Waals surface area contributed by atoms with Crippen LogP contribution >= 0.6 is 23.4 Å². The Balaban J connectivity index is 2.95. The van der Waals surface area contributed by atoms with Crippen molar-refractivity contribution in [3.05, 3.63) is 11.8 Å². The fourth-order valence-corrected chi connectivity index (χ4v) is 1.34. The zero-order valence-electron chi connectivity index (χ0n) is 7.58. The topological polar surface area (TPSA) is 35.0 Å². The zero-order valence-corrected chi connectivity index (χ0v) is 9.15. The smallest absolute Gasteiger partial charge is 0.221 e. The van der Waals surface area contributed by atoms with Crippen LogP contribution < -0.4 is 4.74 Å². The molecule has 0 unspecified atom stereocenters. The van der Waals surface area contributed by atoms with Gasteiger partial charge in [-0.25, -0.2) is 4.98 Å². The Morgan fingerprint density at radius 3 is 2.92 bits per heavy atom. The molecule has 0 amide bonds. The van der Waals surface area contributed by atoms with Gasteiger partial charge in [-0.3, -0.25) is 0 Å². The molecule has 0 bridgehead atoms. The minimum atomic E-state index is 0.379. The molecule has 5 heteroatoms. The number of ether oxygens (including phenoxy) is 1. The lowest BCUT2D eigenvalue weighted by Crippen LogP contribution is -2.00. The highest BCUT2D eigenvalue weighted by Gasteiger charge is 2.06. The van der Waals surface area contributed by atoms with E-state index in [4.69, 9.17) is 16.3 Å². The lowest BCUT2D eigenvalue weighted by atomic mass is 10.4. The molecule has 0 fully saturated rings. The maximum absolute atomic E-state index is 5.70. The first-order chi connectivity index (χ1) is 6.31. The van der Waals surface area contributed by atoms with Crippen LogP contribution in [0.15, 0.2) is 11.4 Å². The summed E-state index contributed by atoms with van der Waals surface area (Å²) in [7, 11) is 0. The number of halogens is 1. The number of alkyl halides is 1. The molecule has 0 atom stereocenters. The third-order valence-electron chi connectivity index (χ3n) is 1.41. The van der Waals surface area contributed by atoms with Crippen molar-refractivity contribution in [2.45, 2.75) is 18.0 Å². The molecule has 0 radical (unpaired) electrons. The molecule has 0 spiro atoms. The van der Waals surface area contributed by atoms with Crippen LogP contribution in [0.2, 0.25) is 0 Å². The maximum Gasteiger partial charge on any atom is 0.221 e. The van der Waals surface area contributed by atoms with E-state index in [1.54, 1.807) is 6.20 Å². The average Bonchev–Trinajstić information content (AvgIpc) is 2.18. The number of hydrogen-bond acceptors (Lipinski definition) is 4. The summed E-state index contributed by atoms with van der Waals surface area (Å²) in [5.41, 5.74) is 0.835. The molecule has 1 rings (SSSR count). The van der Waals surface area contributed by atoms with Crippen LogP contribution in [0.25, 0.3) is 0 Å². The lowest BCUT2D eigenvalue weighted by molar-refractivity contribution is 0.320. The van der Waals surface area contributed by atoms with Gasteiger partial charge in [0.05, 0.1) is 12.5 Å². The summed E-state index contributed by atoms with van der Waals surface area (Å²) in [6.07, 6.45) is 3.63. The van der Waals surface area contributed by atoms with Crippen LogP contribution in [-0.2, 0) is 5.88 Å². The van der Waals surface area contributed by atoms with E-state index in [0.717, 1.165) is 5.56 Å². The lowest BCUT2D eigenvalue weighted by Gasteiger charge is -2.06. The Morgan fingerprint density at radius 1 is 1.62 bits per heavy atom. The molecule has 1 aromatic rings. The largest absolute Gasteiger partial charge is 0.478 e. The quantitative estimate of drug-likeness (QED) is 0.442. The molecule has 0 saturated carbocycles. The SMILES string of the molecule is CCOc1nc(SC)ncc1CCl. The van der Waals surface area contributed by atoms with Crippen molar-refractivity contribution >= 4 is 23.4 Å². The van der Waals surface area contributed by atoms with Crippen molar-refractivity contribution in [1.82, 2.24) is 9.97 Å². The normalized spacial score (nSPS) is 10.1. The van der Waals surface area contributed by atoms with Gasteiger partial charge in [0.15, 0.2) is 5.16 Å². The van der Waals surface area contributed by atoms with E-state index in [-0.39, 0.29) is 0 Å². The molecular weight excluding hydrogens is 208 g/mol. The van der Waals surface area contributed by atoms with Crippen LogP contribution in [0.1, 0.15) is 12.5 Å². The monoisotopic (exact) mass is 218 g/mol. The Bertz CT molecular complexity index is 283. The van der Waals surface area contributed by atoms with Gasteiger partial charge >= 0.3 is 0 Å². The Kier molecular flexibility index (Phi) is 4.32. The fraction of sp³-hybridized carbons (Fsp3) is 0.500. The summed E-state index contributed by atoms with van der Waals surface area (Å²) in [6, 6.07) is 0. The Morgan fingerprint density at radius 2 is 2.38 bits per heavy atom. The minimum absolute atomic E-state index is 0.379. The van der Waals surface area contributed by atoms with Gasteiger partial charge in [0.2, 0.25) is 5.88 Å². The van der Waals surface area contributed by atoms with Crippen molar-refractivity contribution in [3.63, 3.8) is 0 Å². The minimum Gasteiger partial charge on any atom is -0.478 e. The van der Waals surface area contributed by atoms with Crippen molar-refractivity contribution in [2.24, 2.45) is 0 Å². The molecule has 13 heavy (non-hydrogen) atoms. The second-order valence-corrected chi connectivity index (χ2v) is 3.29. The standard InChI is InChI=1S/C8H11ClN2OS/c1-3-12-7-6(4-9)5-10-8(11-7)13-2/h5H,3-4H2,1-2H3. The summed E-state index contributed by atoms with van der Waals surface area (Å²) < 4.78 is 5.32. The van der Waals surface area contributed by atoms with E-state index >= 15 is 0 Å². The van der Waals surface area contributed by atoms with Crippen molar-refractivity contribution in [3.8, 4) is 5.88 Å². The zero-order chi connectivity index (χ0) is 9.68. The van der Waals surface area contributed by atoms with Gasteiger partial charge in [-0.1, -0.05) is 11.8 Å². The molecule has 0 aliphatic carbocycles. The van der Waals surface area contributed by atoms with Gasteiger partial charge in [0.25, 0.3) is 0 Å². The molecule has 0 N–H and O–H groups in total. The van der Waals surface area contributed by atoms with Gasteiger partial charge in [0.1, 0.15) is 0 Å². The van der Waals surface area contributed by atoms with Crippen molar-refractivity contribution in [2.75, 3.05) is 12.9 Å². The third kappa shape index (κ3) is 2.74. The molecule has 3 nitrogen and oxygen atoms in total. The summed E-state index contributed by atoms with van der Waals surface area (Å²) in [5.74, 6) is 0.973. The fourth-order valence-electron chi connectivity index (χ4n) is 0.828. The summed E-state index contributed by atoms with van der Waals surface area (Å²) >= 11 is 7.18. The summed E-state index contributed by atoms with van der Waals surface area (Å²) in [4.78, 5) is 8.30. The number of thioether (sulfide) groups is 1. The predicted molar refractivity (Wildman–Crippen MR) is 54.5 cm³/mol. The molecule has 1 aromatic heterocycles. The predicted octanol–water partition coefficient (Wildman–Crippen LogP) is 2.34. The van der Waals surface area contributed by atoms with E-state index in [2.05, 4.69) is 9.97 Å². The van der Waals surface area contributed by atoms with Crippen LogP contribution in [-0.4, -0.2) is 22.8 Å². The first kappa shape index (κ1) is 10.6. The van der Waals surface area contributed by atoms with Gasteiger partial charge in [-0.15, -0.1) is 11.6 Å². The third-order valence-corrected chi connectivity index (χ3v) is 2.26.